The summed E-state index contributed by atoms with van der Waals surface area (Å²) in [6.07, 6.45) is 1.45. The Hall–Kier alpha value is -0.940. The van der Waals surface area contributed by atoms with Gasteiger partial charge in [-0.3, -0.25) is 4.79 Å². The van der Waals surface area contributed by atoms with Crippen LogP contribution < -0.4 is 10.6 Å². The highest BCUT2D eigenvalue weighted by molar-refractivity contribution is 7.07. The van der Waals surface area contributed by atoms with Crippen LogP contribution in [-0.4, -0.2) is 23.5 Å². The Bertz CT molecular complexity index is 298. The first-order chi connectivity index (χ1) is 7.68. The van der Waals surface area contributed by atoms with Gasteiger partial charge in [-0.15, -0.1) is 11.3 Å². The van der Waals surface area contributed by atoms with Crippen molar-refractivity contribution < 1.29 is 4.79 Å². The molecule has 0 aromatic carbocycles. The molecule has 0 spiro atoms. The van der Waals surface area contributed by atoms with Crippen LogP contribution in [0.25, 0.3) is 0 Å². The number of aromatic nitrogens is 1. The van der Waals surface area contributed by atoms with Crippen molar-refractivity contribution in [2.24, 2.45) is 0 Å². The molecule has 2 N–H and O–H groups in total. The molecular weight excluding hydrogens is 222 g/mol. The van der Waals surface area contributed by atoms with E-state index in [1.807, 2.05) is 5.38 Å². The Balaban J connectivity index is 2.03. The third kappa shape index (κ3) is 5.82. The van der Waals surface area contributed by atoms with Gasteiger partial charge in [-0.2, -0.15) is 0 Å². The maximum Gasteiger partial charge on any atom is 0.220 e. The number of thiazole rings is 1. The molecule has 0 radical (unpaired) electrons. The van der Waals surface area contributed by atoms with Crippen LogP contribution in [-0.2, 0) is 11.3 Å². The van der Waals surface area contributed by atoms with E-state index in [4.69, 9.17) is 0 Å². The van der Waals surface area contributed by atoms with Crippen molar-refractivity contribution in [3.8, 4) is 0 Å². The highest BCUT2D eigenvalue weighted by Crippen LogP contribution is 2.00. The summed E-state index contributed by atoms with van der Waals surface area (Å²) in [6, 6.07) is 0.484. The second kappa shape index (κ2) is 7.35. The van der Waals surface area contributed by atoms with Crippen molar-refractivity contribution in [3.05, 3.63) is 16.6 Å². The zero-order chi connectivity index (χ0) is 11.8. The van der Waals surface area contributed by atoms with Gasteiger partial charge in [-0.05, 0) is 13.0 Å². The highest BCUT2D eigenvalue weighted by atomic mass is 32.1. The molecule has 1 rings (SSSR count). The second-order valence-electron chi connectivity index (χ2n) is 3.97. The smallest absolute Gasteiger partial charge is 0.220 e. The molecule has 1 amide bonds. The number of carbonyl (C=O) groups is 1. The molecule has 90 valence electrons. The molecule has 0 unspecified atom stereocenters. The van der Waals surface area contributed by atoms with Gasteiger partial charge in [-0.25, -0.2) is 4.98 Å². The van der Waals surface area contributed by atoms with E-state index in [0.717, 1.165) is 18.7 Å². The minimum atomic E-state index is 0.0959. The predicted octanol–water partition coefficient (Wildman–Crippen LogP) is 1.54. The molecule has 0 aliphatic rings. The fraction of sp³-hybridized carbons (Fsp3) is 0.636. The van der Waals surface area contributed by atoms with Crippen molar-refractivity contribution in [3.63, 3.8) is 0 Å². The minimum absolute atomic E-state index is 0.0959. The number of hydrogen-bond donors (Lipinski definition) is 2. The summed E-state index contributed by atoms with van der Waals surface area (Å²) in [5, 5.41) is 8.08. The largest absolute Gasteiger partial charge is 0.350 e. The molecule has 0 aliphatic heterocycles. The summed E-state index contributed by atoms with van der Waals surface area (Å²) in [6.45, 7) is 5.63. The lowest BCUT2D eigenvalue weighted by Crippen LogP contribution is -2.27. The molecule has 1 heterocycles. The molecule has 4 nitrogen and oxygen atoms in total. The Morgan fingerprint density at radius 3 is 3.00 bits per heavy atom. The maximum atomic E-state index is 11.4. The van der Waals surface area contributed by atoms with Crippen LogP contribution in [0.5, 0.6) is 0 Å². The molecular formula is C11H19N3OS. The SMILES string of the molecule is CC(C)NCCCC(=O)NCc1cscn1. The molecule has 5 heteroatoms. The zero-order valence-electron chi connectivity index (χ0n) is 9.82. The van der Waals surface area contributed by atoms with Crippen LogP contribution in [0.1, 0.15) is 32.4 Å². The standard InChI is InChI=1S/C11H19N3OS/c1-9(2)12-5-3-4-11(15)13-6-10-7-16-8-14-10/h7-9,12H,3-6H2,1-2H3,(H,13,15). The van der Waals surface area contributed by atoms with Gasteiger partial charge in [-0.1, -0.05) is 13.8 Å². The third-order valence-corrected chi connectivity index (χ3v) is 2.72. The Morgan fingerprint density at radius 2 is 2.38 bits per heavy atom. The summed E-state index contributed by atoms with van der Waals surface area (Å²) in [4.78, 5) is 15.5. The molecule has 0 saturated carbocycles. The van der Waals surface area contributed by atoms with Gasteiger partial charge >= 0.3 is 0 Å². The first-order valence-corrected chi connectivity index (χ1v) is 6.50. The Labute approximate surface area is 100 Å². The molecule has 0 atom stereocenters. The van der Waals surface area contributed by atoms with Gasteiger partial charge in [0.2, 0.25) is 5.91 Å². The normalized spacial score (nSPS) is 10.7. The molecule has 0 aliphatic carbocycles. The van der Waals surface area contributed by atoms with E-state index < -0.39 is 0 Å². The fourth-order valence-corrected chi connectivity index (χ4v) is 1.80. The Kier molecular flexibility index (Phi) is 6.03. The zero-order valence-corrected chi connectivity index (χ0v) is 10.6. The quantitative estimate of drug-likeness (QED) is 0.712. The minimum Gasteiger partial charge on any atom is -0.350 e. The molecule has 0 bridgehead atoms. The lowest BCUT2D eigenvalue weighted by molar-refractivity contribution is -0.121. The second-order valence-corrected chi connectivity index (χ2v) is 4.69. The first kappa shape index (κ1) is 13.1. The van der Waals surface area contributed by atoms with Crippen LogP contribution in [0.4, 0.5) is 0 Å². The highest BCUT2D eigenvalue weighted by Gasteiger charge is 2.02. The van der Waals surface area contributed by atoms with Crippen molar-refractivity contribution in [2.45, 2.75) is 39.3 Å². The molecule has 0 fully saturated rings. The van der Waals surface area contributed by atoms with Crippen LogP contribution >= 0.6 is 11.3 Å². The van der Waals surface area contributed by atoms with Crippen molar-refractivity contribution >= 4 is 17.2 Å². The van der Waals surface area contributed by atoms with E-state index in [9.17, 15) is 4.79 Å². The number of nitrogens with one attached hydrogen (secondary N) is 2. The molecule has 16 heavy (non-hydrogen) atoms. The summed E-state index contributed by atoms with van der Waals surface area (Å²) in [5.41, 5.74) is 2.70. The summed E-state index contributed by atoms with van der Waals surface area (Å²) in [7, 11) is 0. The first-order valence-electron chi connectivity index (χ1n) is 5.55. The topological polar surface area (TPSA) is 54.0 Å². The predicted molar refractivity (Wildman–Crippen MR) is 66.3 cm³/mol. The van der Waals surface area contributed by atoms with Gasteiger partial charge in [0.05, 0.1) is 17.7 Å². The number of amides is 1. The van der Waals surface area contributed by atoms with Crippen LogP contribution in [0.3, 0.4) is 0 Å². The van der Waals surface area contributed by atoms with Crippen LogP contribution in [0.2, 0.25) is 0 Å². The van der Waals surface area contributed by atoms with Crippen molar-refractivity contribution in [1.29, 1.82) is 0 Å². The van der Waals surface area contributed by atoms with Gasteiger partial charge in [0, 0.05) is 17.8 Å². The van der Waals surface area contributed by atoms with Crippen molar-refractivity contribution in [2.75, 3.05) is 6.54 Å². The average molecular weight is 241 g/mol. The lowest BCUT2D eigenvalue weighted by Gasteiger charge is -2.07. The molecule has 1 aromatic heterocycles. The summed E-state index contributed by atoms with van der Waals surface area (Å²) in [5.74, 6) is 0.0959. The van der Waals surface area contributed by atoms with Crippen LogP contribution in [0.15, 0.2) is 10.9 Å². The van der Waals surface area contributed by atoms with E-state index in [-0.39, 0.29) is 5.91 Å². The number of carbonyl (C=O) groups excluding carboxylic acids is 1. The number of hydrogen-bond acceptors (Lipinski definition) is 4. The number of rotatable bonds is 7. The van der Waals surface area contributed by atoms with E-state index in [0.29, 0.717) is 19.0 Å². The molecule has 0 saturated heterocycles. The monoisotopic (exact) mass is 241 g/mol. The van der Waals surface area contributed by atoms with Gasteiger partial charge in [0.15, 0.2) is 0 Å². The molecule has 1 aromatic rings. The van der Waals surface area contributed by atoms with E-state index in [1.165, 1.54) is 0 Å². The summed E-state index contributed by atoms with van der Waals surface area (Å²) >= 11 is 1.54. The van der Waals surface area contributed by atoms with Crippen LogP contribution in [0, 0.1) is 0 Å². The van der Waals surface area contributed by atoms with E-state index >= 15 is 0 Å². The average Bonchev–Trinajstić information content (AvgIpc) is 2.74. The third-order valence-electron chi connectivity index (χ3n) is 2.08. The van der Waals surface area contributed by atoms with E-state index in [1.54, 1.807) is 16.8 Å². The fourth-order valence-electron chi connectivity index (χ4n) is 1.24. The number of nitrogens with zero attached hydrogens (tertiary/aromatic N) is 1. The van der Waals surface area contributed by atoms with Crippen molar-refractivity contribution in [1.82, 2.24) is 15.6 Å². The van der Waals surface area contributed by atoms with Gasteiger partial charge in [0.1, 0.15) is 0 Å². The van der Waals surface area contributed by atoms with E-state index in [2.05, 4.69) is 29.5 Å². The lowest BCUT2D eigenvalue weighted by atomic mass is 10.2. The Morgan fingerprint density at radius 1 is 1.56 bits per heavy atom. The maximum absolute atomic E-state index is 11.4. The summed E-state index contributed by atoms with van der Waals surface area (Å²) < 4.78 is 0. The van der Waals surface area contributed by atoms with Gasteiger partial charge in [0.25, 0.3) is 0 Å². The van der Waals surface area contributed by atoms with Gasteiger partial charge < -0.3 is 10.6 Å².